The minimum atomic E-state index is 1.17. The van der Waals surface area contributed by atoms with Crippen molar-refractivity contribution in [3.8, 4) is 33.6 Å². The molecule has 52 heavy (non-hydrogen) atoms. The highest BCUT2D eigenvalue weighted by Gasteiger charge is 2.14. The Kier molecular flexibility index (Phi) is 7.18. The summed E-state index contributed by atoms with van der Waals surface area (Å²) in [5.74, 6) is 0. The third-order valence-corrected chi connectivity index (χ3v) is 10.3. The number of benzene rings is 8. The smallest absolute Gasteiger partial charge is 0.0541 e. The van der Waals surface area contributed by atoms with Crippen LogP contribution in [-0.4, -0.2) is 9.13 Å². The predicted molar refractivity (Wildman–Crippen MR) is 221 cm³/mol. The quantitative estimate of drug-likeness (QED) is 0.157. The number of hydrogen-bond acceptors (Lipinski definition) is 0. The molecular formula is C50H34N2. The average molecular weight is 663 g/mol. The topological polar surface area (TPSA) is 9.86 Å². The average Bonchev–Trinajstić information content (AvgIpc) is 3.73. The number of aromatic nitrogens is 2. The van der Waals surface area contributed by atoms with Crippen molar-refractivity contribution in [3.05, 3.63) is 205 Å². The van der Waals surface area contributed by atoms with E-state index >= 15 is 0 Å². The van der Waals surface area contributed by atoms with Gasteiger partial charge in [-0.3, -0.25) is 0 Å². The maximum absolute atomic E-state index is 2.36. The molecule has 10 rings (SSSR count). The Morgan fingerprint density at radius 1 is 0.269 bits per heavy atom. The third-order valence-electron chi connectivity index (χ3n) is 10.3. The van der Waals surface area contributed by atoms with Gasteiger partial charge in [-0.15, -0.1) is 0 Å². The summed E-state index contributed by atoms with van der Waals surface area (Å²) in [5, 5.41) is 5.05. The van der Waals surface area contributed by atoms with E-state index in [9.17, 15) is 0 Å². The SMILES string of the molecule is C(=C\c1cccc(-c2ccc3c(c2)c2ccccc2n3-c2ccccc2)c1)/c1cccc(-c2ccc3c(c2)c2ccccc2n3-c2ccccc2)c1. The second-order valence-corrected chi connectivity index (χ2v) is 13.4. The fourth-order valence-corrected chi connectivity index (χ4v) is 7.85. The van der Waals surface area contributed by atoms with Crippen LogP contribution in [0.25, 0.3) is 89.4 Å². The molecule has 2 nitrogen and oxygen atoms in total. The van der Waals surface area contributed by atoms with Gasteiger partial charge < -0.3 is 9.13 Å². The Morgan fingerprint density at radius 2 is 0.654 bits per heavy atom. The van der Waals surface area contributed by atoms with Crippen LogP contribution >= 0.6 is 0 Å². The highest BCUT2D eigenvalue weighted by atomic mass is 15.0. The zero-order chi connectivity index (χ0) is 34.4. The number of hydrogen-bond donors (Lipinski definition) is 0. The van der Waals surface area contributed by atoms with Gasteiger partial charge in [-0.05, 0) is 106 Å². The second kappa shape index (κ2) is 12.5. The Labute approximate surface area is 302 Å². The first-order valence-electron chi connectivity index (χ1n) is 17.8. The molecule has 0 spiro atoms. The lowest BCUT2D eigenvalue weighted by molar-refractivity contribution is 1.18. The van der Waals surface area contributed by atoms with E-state index in [1.54, 1.807) is 0 Å². The Balaban J connectivity index is 0.974. The van der Waals surface area contributed by atoms with Crippen LogP contribution in [0.5, 0.6) is 0 Å². The lowest BCUT2D eigenvalue weighted by Gasteiger charge is -2.08. The molecule has 2 heteroatoms. The summed E-state index contributed by atoms with van der Waals surface area (Å²) in [5.41, 5.74) is 14.4. The van der Waals surface area contributed by atoms with Crippen molar-refractivity contribution in [1.82, 2.24) is 9.13 Å². The van der Waals surface area contributed by atoms with Crippen LogP contribution in [0.4, 0.5) is 0 Å². The fraction of sp³-hybridized carbons (Fsp3) is 0. The highest BCUT2D eigenvalue weighted by molar-refractivity contribution is 6.11. The minimum absolute atomic E-state index is 1.17. The summed E-state index contributed by atoms with van der Waals surface area (Å²) in [6.07, 6.45) is 4.44. The Bertz CT molecular complexity index is 2740. The summed E-state index contributed by atoms with van der Waals surface area (Å²) < 4.78 is 4.73. The van der Waals surface area contributed by atoms with Gasteiger partial charge in [-0.25, -0.2) is 0 Å². The largest absolute Gasteiger partial charge is 0.309 e. The van der Waals surface area contributed by atoms with E-state index in [4.69, 9.17) is 0 Å². The van der Waals surface area contributed by atoms with Crippen molar-refractivity contribution in [2.45, 2.75) is 0 Å². The van der Waals surface area contributed by atoms with Gasteiger partial charge in [-0.1, -0.05) is 133 Å². The first kappa shape index (κ1) is 30.0. The summed E-state index contributed by atoms with van der Waals surface area (Å²) in [4.78, 5) is 0. The molecule has 2 aromatic heterocycles. The molecular weight excluding hydrogens is 629 g/mol. The Morgan fingerprint density at radius 3 is 1.12 bits per heavy atom. The fourth-order valence-electron chi connectivity index (χ4n) is 7.85. The molecule has 0 saturated carbocycles. The van der Waals surface area contributed by atoms with Crippen LogP contribution < -0.4 is 0 Å². The molecule has 0 aliphatic heterocycles. The standard InChI is InChI=1S/C50H34N2/c1-3-17-41(18-4-1)51-47-23-9-7-21-43(47)45-33-39(27-29-49(45)51)37-15-11-13-35(31-37)25-26-36-14-12-16-38(32-36)40-28-30-50-46(34-40)44-22-8-10-24-48(44)52(50)42-19-5-2-6-20-42/h1-34H/b26-25+. The molecule has 0 fully saturated rings. The minimum Gasteiger partial charge on any atom is -0.309 e. The molecule has 244 valence electrons. The van der Waals surface area contributed by atoms with Crippen LogP contribution in [-0.2, 0) is 0 Å². The maximum Gasteiger partial charge on any atom is 0.0541 e. The summed E-state index contributed by atoms with van der Waals surface area (Å²) in [7, 11) is 0. The molecule has 2 heterocycles. The van der Waals surface area contributed by atoms with E-state index in [1.807, 2.05) is 0 Å². The van der Waals surface area contributed by atoms with Crippen LogP contribution in [0, 0.1) is 0 Å². The monoisotopic (exact) mass is 662 g/mol. The van der Waals surface area contributed by atoms with E-state index in [0.717, 1.165) is 0 Å². The van der Waals surface area contributed by atoms with Crippen molar-refractivity contribution < 1.29 is 0 Å². The van der Waals surface area contributed by atoms with Crippen LogP contribution in [0.15, 0.2) is 194 Å². The molecule has 0 N–H and O–H groups in total. The van der Waals surface area contributed by atoms with Crippen molar-refractivity contribution in [3.63, 3.8) is 0 Å². The number of para-hydroxylation sites is 4. The molecule has 0 aliphatic carbocycles. The van der Waals surface area contributed by atoms with Gasteiger partial charge in [0.05, 0.1) is 22.1 Å². The van der Waals surface area contributed by atoms with Crippen LogP contribution in [0.1, 0.15) is 11.1 Å². The summed E-state index contributed by atoms with van der Waals surface area (Å²) >= 11 is 0. The molecule has 8 aromatic carbocycles. The van der Waals surface area contributed by atoms with Gasteiger partial charge in [0.2, 0.25) is 0 Å². The highest BCUT2D eigenvalue weighted by Crippen LogP contribution is 2.37. The molecule has 0 bridgehead atoms. The number of rotatable bonds is 6. The first-order chi connectivity index (χ1) is 25.8. The van der Waals surface area contributed by atoms with E-state index in [-0.39, 0.29) is 0 Å². The molecule has 0 unspecified atom stereocenters. The van der Waals surface area contributed by atoms with Gasteiger partial charge in [0.1, 0.15) is 0 Å². The van der Waals surface area contributed by atoms with Gasteiger partial charge in [-0.2, -0.15) is 0 Å². The molecule has 0 atom stereocenters. The maximum atomic E-state index is 2.36. The lowest BCUT2D eigenvalue weighted by Crippen LogP contribution is -1.92. The van der Waals surface area contributed by atoms with Gasteiger partial charge in [0, 0.05) is 32.9 Å². The van der Waals surface area contributed by atoms with E-state index in [0.29, 0.717) is 0 Å². The van der Waals surface area contributed by atoms with Crippen LogP contribution in [0.2, 0.25) is 0 Å². The summed E-state index contributed by atoms with van der Waals surface area (Å²) in [6.45, 7) is 0. The summed E-state index contributed by atoms with van der Waals surface area (Å²) in [6, 6.07) is 70.0. The Hall–Kier alpha value is -6.90. The zero-order valence-electron chi connectivity index (χ0n) is 28.5. The van der Waals surface area contributed by atoms with E-state index < -0.39 is 0 Å². The number of nitrogens with zero attached hydrogens (tertiary/aromatic N) is 2. The second-order valence-electron chi connectivity index (χ2n) is 13.4. The van der Waals surface area contributed by atoms with E-state index in [1.165, 1.54) is 88.4 Å². The van der Waals surface area contributed by atoms with E-state index in [2.05, 4.69) is 215 Å². The van der Waals surface area contributed by atoms with Gasteiger partial charge in [0.15, 0.2) is 0 Å². The van der Waals surface area contributed by atoms with Crippen molar-refractivity contribution in [1.29, 1.82) is 0 Å². The molecule has 0 radical (unpaired) electrons. The number of fused-ring (bicyclic) bond motifs is 6. The van der Waals surface area contributed by atoms with Crippen molar-refractivity contribution in [2.24, 2.45) is 0 Å². The van der Waals surface area contributed by atoms with Crippen molar-refractivity contribution >= 4 is 55.8 Å². The molecule has 0 aliphatic rings. The normalized spacial score (nSPS) is 11.8. The first-order valence-corrected chi connectivity index (χ1v) is 17.8. The lowest BCUT2D eigenvalue weighted by atomic mass is 9.99. The molecule has 10 aromatic rings. The molecule has 0 amide bonds. The zero-order valence-corrected chi connectivity index (χ0v) is 28.5. The van der Waals surface area contributed by atoms with Gasteiger partial charge in [0.25, 0.3) is 0 Å². The van der Waals surface area contributed by atoms with Gasteiger partial charge >= 0.3 is 0 Å². The third kappa shape index (κ3) is 5.12. The van der Waals surface area contributed by atoms with Crippen LogP contribution in [0.3, 0.4) is 0 Å². The van der Waals surface area contributed by atoms with Crippen molar-refractivity contribution in [2.75, 3.05) is 0 Å². The predicted octanol–water partition coefficient (Wildman–Crippen LogP) is 13.4. The molecule has 0 saturated heterocycles.